The highest BCUT2D eigenvalue weighted by molar-refractivity contribution is 5.07. The molecular formula is C14H27N3. The predicted octanol–water partition coefficient (Wildman–Crippen LogP) is 2.39. The Hall–Kier alpha value is -0.590. The zero-order valence-corrected chi connectivity index (χ0v) is 12.0. The van der Waals surface area contributed by atoms with Crippen molar-refractivity contribution in [3.05, 3.63) is 0 Å². The fourth-order valence-electron chi connectivity index (χ4n) is 2.41. The first kappa shape index (κ1) is 14.5. The topological polar surface area (TPSA) is 39.1 Å². The largest absolute Gasteiger partial charge is 0.297 e. The molecule has 0 aromatic carbocycles. The zero-order valence-electron chi connectivity index (χ0n) is 12.0. The van der Waals surface area contributed by atoms with Crippen LogP contribution in [0.2, 0.25) is 0 Å². The predicted molar refractivity (Wildman–Crippen MR) is 71.7 cm³/mol. The smallest absolute Gasteiger partial charge is 0.116 e. The van der Waals surface area contributed by atoms with Gasteiger partial charge in [0.1, 0.15) is 5.54 Å². The van der Waals surface area contributed by atoms with Crippen molar-refractivity contribution in [2.75, 3.05) is 13.1 Å². The molecular weight excluding hydrogens is 210 g/mol. The molecule has 17 heavy (non-hydrogen) atoms. The van der Waals surface area contributed by atoms with Gasteiger partial charge in [0, 0.05) is 25.2 Å². The van der Waals surface area contributed by atoms with E-state index in [4.69, 9.17) is 0 Å². The maximum Gasteiger partial charge on any atom is 0.116 e. The molecule has 1 fully saturated rings. The first-order valence-electron chi connectivity index (χ1n) is 6.79. The Balaban J connectivity index is 2.60. The Kier molecular flexibility index (Phi) is 4.97. The third-order valence-electron chi connectivity index (χ3n) is 3.04. The van der Waals surface area contributed by atoms with Gasteiger partial charge in [0.15, 0.2) is 0 Å². The van der Waals surface area contributed by atoms with Crippen LogP contribution in [0, 0.1) is 17.2 Å². The highest BCUT2D eigenvalue weighted by atomic mass is 15.2. The maximum absolute atomic E-state index is 9.38. The minimum Gasteiger partial charge on any atom is -0.297 e. The third kappa shape index (κ3) is 5.06. The number of nitrogens with zero attached hydrogens (tertiary/aromatic N) is 2. The second-order valence-electron chi connectivity index (χ2n) is 6.30. The lowest BCUT2D eigenvalue weighted by molar-refractivity contribution is 0.186. The second-order valence-corrected chi connectivity index (χ2v) is 6.30. The fraction of sp³-hybridized carbons (Fsp3) is 0.929. The summed E-state index contributed by atoms with van der Waals surface area (Å²) < 4.78 is 0. The van der Waals surface area contributed by atoms with Crippen molar-refractivity contribution >= 4 is 0 Å². The van der Waals surface area contributed by atoms with E-state index in [0.29, 0.717) is 12.0 Å². The number of hydrogen-bond acceptors (Lipinski definition) is 3. The summed E-state index contributed by atoms with van der Waals surface area (Å²) in [5, 5.41) is 12.8. The highest BCUT2D eigenvalue weighted by Gasteiger charge is 2.35. The number of rotatable bonds is 7. The average Bonchev–Trinajstić information content (AvgIpc) is 2.97. The van der Waals surface area contributed by atoms with Crippen molar-refractivity contribution in [2.24, 2.45) is 5.92 Å². The molecule has 0 spiro atoms. The van der Waals surface area contributed by atoms with Crippen LogP contribution < -0.4 is 5.32 Å². The van der Waals surface area contributed by atoms with Gasteiger partial charge in [-0.15, -0.1) is 0 Å². The molecule has 0 bridgehead atoms. The summed E-state index contributed by atoms with van der Waals surface area (Å²) in [6.45, 7) is 12.6. The monoisotopic (exact) mass is 237 g/mol. The van der Waals surface area contributed by atoms with Gasteiger partial charge in [-0.05, 0) is 39.5 Å². The van der Waals surface area contributed by atoms with Crippen molar-refractivity contribution < 1.29 is 0 Å². The summed E-state index contributed by atoms with van der Waals surface area (Å²) in [5.41, 5.74) is -0.425. The van der Waals surface area contributed by atoms with Crippen LogP contribution in [0.3, 0.4) is 0 Å². The van der Waals surface area contributed by atoms with Gasteiger partial charge >= 0.3 is 0 Å². The molecule has 3 nitrogen and oxygen atoms in total. The lowest BCUT2D eigenvalue weighted by atomic mass is 10.0. The van der Waals surface area contributed by atoms with Crippen LogP contribution in [0.5, 0.6) is 0 Å². The standard InChI is InChI=1S/C14H27N3/c1-11(2)8-17(13-6-7-13)10-14(5,9-15)16-12(3)4/h11-13,16H,6-8,10H2,1-5H3. The van der Waals surface area contributed by atoms with Crippen molar-refractivity contribution in [1.82, 2.24) is 10.2 Å². The van der Waals surface area contributed by atoms with Gasteiger partial charge in [0.25, 0.3) is 0 Å². The van der Waals surface area contributed by atoms with Gasteiger partial charge in [0.2, 0.25) is 0 Å². The van der Waals surface area contributed by atoms with E-state index in [9.17, 15) is 5.26 Å². The van der Waals surface area contributed by atoms with Gasteiger partial charge < -0.3 is 0 Å². The second kappa shape index (κ2) is 5.84. The average molecular weight is 237 g/mol. The van der Waals surface area contributed by atoms with Crippen LogP contribution in [0.4, 0.5) is 0 Å². The van der Waals surface area contributed by atoms with Crippen molar-refractivity contribution in [3.63, 3.8) is 0 Å². The lowest BCUT2D eigenvalue weighted by Crippen LogP contribution is -2.53. The van der Waals surface area contributed by atoms with Crippen molar-refractivity contribution in [1.29, 1.82) is 5.26 Å². The first-order valence-corrected chi connectivity index (χ1v) is 6.79. The third-order valence-corrected chi connectivity index (χ3v) is 3.04. The van der Waals surface area contributed by atoms with Gasteiger partial charge in [-0.25, -0.2) is 0 Å². The van der Waals surface area contributed by atoms with Crippen LogP contribution in [0.1, 0.15) is 47.5 Å². The summed E-state index contributed by atoms with van der Waals surface area (Å²) in [7, 11) is 0. The molecule has 0 aromatic heterocycles. The summed E-state index contributed by atoms with van der Waals surface area (Å²) in [6.07, 6.45) is 2.60. The Morgan fingerprint density at radius 3 is 2.29 bits per heavy atom. The summed E-state index contributed by atoms with van der Waals surface area (Å²) >= 11 is 0. The molecule has 0 saturated heterocycles. The van der Waals surface area contributed by atoms with E-state index in [2.05, 4.69) is 44.0 Å². The Morgan fingerprint density at radius 1 is 1.35 bits per heavy atom. The molecule has 98 valence electrons. The number of hydrogen-bond donors (Lipinski definition) is 1. The van der Waals surface area contributed by atoms with Gasteiger partial charge in [0.05, 0.1) is 6.07 Å². The molecule has 1 N–H and O–H groups in total. The maximum atomic E-state index is 9.38. The molecule has 0 amide bonds. The van der Waals surface area contributed by atoms with Crippen LogP contribution in [-0.2, 0) is 0 Å². The highest BCUT2D eigenvalue weighted by Crippen LogP contribution is 2.28. The van der Waals surface area contributed by atoms with E-state index in [1.54, 1.807) is 0 Å². The van der Waals surface area contributed by atoms with E-state index in [-0.39, 0.29) is 0 Å². The lowest BCUT2D eigenvalue weighted by Gasteiger charge is -2.33. The minimum absolute atomic E-state index is 0.347. The van der Waals surface area contributed by atoms with Crippen LogP contribution >= 0.6 is 0 Å². The Bertz CT molecular complexity index is 276. The van der Waals surface area contributed by atoms with E-state index in [1.165, 1.54) is 12.8 Å². The number of nitriles is 1. The van der Waals surface area contributed by atoms with E-state index in [0.717, 1.165) is 19.1 Å². The van der Waals surface area contributed by atoms with E-state index >= 15 is 0 Å². The molecule has 1 saturated carbocycles. The van der Waals surface area contributed by atoms with Crippen LogP contribution in [-0.4, -0.2) is 35.6 Å². The van der Waals surface area contributed by atoms with Crippen molar-refractivity contribution in [3.8, 4) is 6.07 Å². The molecule has 3 heteroatoms. The molecule has 0 aliphatic heterocycles. The first-order chi connectivity index (χ1) is 7.86. The normalized spacial score (nSPS) is 19.7. The Labute approximate surface area is 106 Å². The summed E-state index contributed by atoms with van der Waals surface area (Å²) in [4.78, 5) is 2.49. The van der Waals surface area contributed by atoms with E-state index in [1.807, 2.05) is 6.92 Å². The Morgan fingerprint density at radius 2 is 1.94 bits per heavy atom. The molecule has 1 unspecified atom stereocenters. The molecule has 1 rings (SSSR count). The number of nitrogens with one attached hydrogen (secondary N) is 1. The van der Waals surface area contributed by atoms with Gasteiger partial charge in [-0.1, -0.05) is 13.8 Å². The SMILES string of the molecule is CC(C)CN(CC(C)(C#N)NC(C)C)C1CC1. The molecule has 0 heterocycles. The fourth-order valence-corrected chi connectivity index (χ4v) is 2.41. The molecule has 1 atom stereocenters. The van der Waals surface area contributed by atoms with Gasteiger partial charge in [-0.3, -0.25) is 10.2 Å². The summed E-state index contributed by atoms with van der Waals surface area (Å²) in [6, 6.07) is 3.51. The van der Waals surface area contributed by atoms with Crippen LogP contribution in [0.25, 0.3) is 0 Å². The van der Waals surface area contributed by atoms with Gasteiger partial charge in [-0.2, -0.15) is 5.26 Å². The van der Waals surface area contributed by atoms with E-state index < -0.39 is 5.54 Å². The quantitative estimate of drug-likeness (QED) is 0.739. The minimum atomic E-state index is -0.425. The summed E-state index contributed by atoms with van der Waals surface area (Å²) in [5.74, 6) is 0.664. The molecule has 1 aliphatic rings. The van der Waals surface area contributed by atoms with Crippen molar-refractivity contribution in [2.45, 2.75) is 65.1 Å². The molecule has 0 aromatic rings. The zero-order chi connectivity index (χ0) is 13.1. The molecule has 0 radical (unpaired) electrons. The van der Waals surface area contributed by atoms with Crippen LogP contribution in [0.15, 0.2) is 0 Å². The molecule has 1 aliphatic carbocycles.